The molecule has 0 amide bonds. The fourth-order valence-electron chi connectivity index (χ4n) is 1.59. The zero-order valence-corrected chi connectivity index (χ0v) is 10.1. The number of aryl methyl sites for hydroxylation is 1. The number of hydrogen-bond donors (Lipinski definition) is 1. The number of primary sulfonamides is 1. The summed E-state index contributed by atoms with van der Waals surface area (Å²) in [6.07, 6.45) is 3.47. The Hall–Kier alpha value is -1.72. The summed E-state index contributed by atoms with van der Waals surface area (Å²) in [5, 5.41) is 5.04. The summed E-state index contributed by atoms with van der Waals surface area (Å²) in [5.41, 5.74) is 2.99. The van der Waals surface area contributed by atoms with E-state index in [9.17, 15) is 8.42 Å². The van der Waals surface area contributed by atoms with E-state index in [-0.39, 0.29) is 4.90 Å². The number of nitrogens with two attached hydrogens (primary N) is 1. The Morgan fingerprint density at radius 2 is 1.76 bits per heavy atom. The smallest absolute Gasteiger partial charge is 0.238 e. The second-order valence-electron chi connectivity index (χ2n) is 3.76. The standard InChI is InChI=1S/C12H12N2O2S/c1-9-6-7-14-8-12(9)10-2-4-11(5-3-10)17(13,15)16/h2-8H,1H3,(H2,13,15,16). The first-order valence-electron chi connectivity index (χ1n) is 5.02. The van der Waals surface area contributed by atoms with Gasteiger partial charge in [0.05, 0.1) is 4.90 Å². The number of pyridine rings is 1. The van der Waals surface area contributed by atoms with Crippen molar-refractivity contribution in [2.45, 2.75) is 11.8 Å². The van der Waals surface area contributed by atoms with Crippen molar-refractivity contribution in [2.24, 2.45) is 5.14 Å². The number of sulfonamides is 1. The normalized spacial score (nSPS) is 11.4. The molecule has 2 rings (SSSR count). The molecule has 0 fully saturated rings. The Kier molecular flexibility index (Phi) is 2.95. The van der Waals surface area contributed by atoms with Gasteiger partial charge < -0.3 is 0 Å². The molecule has 0 aliphatic heterocycles. The Morgan fingerprint density at radius 1 is 1.12 bits per heavy atom. The molecule has 2 N–H and O–H groups in total. The Bertz CT molecular complexity index is 634. The van der Waals surface area contributed by atoms with Crippen LogP contribution in [0.5, 0.6) is 0 Å². The Balaban J connectivity index is 2.47. The van der Waals surface area contributed by atoms with Crippen molar-refractivity contribution < 1.29 is 8.42 Å². The maximum Gasteiger partial charge on any atom is 0.238 e. The summed E-state index contributed by atoms with van der Waals surface area (Å²) in [7, 11) is -3.63. The largest absolute Gasteiger partial charge is 0.264 e. The van der Waals surface area contributed by atoms with E-state index >= 15 is 0 Å². The number of rotatable bonds is 2. The molecule has 1 aromatic carbocycles. The molecule has 1 heterocycles. The van der Waals surface area contributed by atoms with Crippen molar-refractivity contribution in [3.63, 3.8) is 0 Å². The van der Waals surface area contributed by atoms with Crippen LogP contribution in [0.1, 0.15) is 5.56 Å². The molecule has 1 aromatic heterocycles. The van der Waals surface area contributed by atoms with Crippen LogP contribution in [0.2, 0.25) is 0 Å². The highest BCUT2D eigenvalue weighted by atomic mass is 32.2. The summed E-state index contributed by atoms with van der Waals surface area (Å²) < 4.78 is 22.2. The lowest BCUT2D eigenvalue weighted by atomic mass is 10.0. The van der Waals surface area contributed by atoms with Crippen molar-refractivity contribution in [3.05, 3.63) is 48.3 Å². The number of benzene rings is 1. The highest BCUT2D eigenvalue weighted by molar-refractivity contribution is 7.89. The molecule has 0 aliphatic carbocycles. The van der Waals surface area contributed by atoms with Gasteiger partial charge in [0.2, 0.25) is 10.0 Å². The van der Waals surface area contributed by atoms with Crippen LogP contribution >= 0.6 is 0 Å². The first-order valence-corrected chi connectivity index (χ1v) is 6.57. The van der Waals surface area contributed by atoms with E-state index in [1.54, 1.807) is 24.5 Å². The molecular formula is C12H12N2O2S. The first kappa shape index (κ1) is 11.8. The van der Waals surface area contributed by atoms with Crippen LogP contribution in [0, 0.1) is 6.92 Å². The highest BCUT2D eigenvalue weighted by Crippen LogP contribution is 2.23. The summed E-state index contributed by atoms with van der Waals surface area (Å²) in [4.78, 5) is 4.16. The van der Waals surface area contributed by atoms with Crippen molar-refractivity contribution >= 4 is 10.0 Å². The Morgan fingerprint density at radius 3 is 2.29 bits per heavy atom. The quantitative estimate of drug-likeness (QED) is 0.879. The molecule has 0 bridgehead atoms. The van der Waals surface area contributed by atoms with Crippen LogP contribution in [0.3, 0.4) is 0 Å². The van der Waals surface area contributed by atoms with Gasteiger partial charge in [0.1, 0.15) is 0 Å². The van der Waals surface area contributed by atoms with E-state index in [0.717, 1.165) is 16.7 Å². The number of aromatic nitrogens is 1. The van der Waals surface area contributed by atoms with E-state index in [2.05, 4.69) is 4.98 Å². The molecule has 88 valence electrons. The van der Waals surface area contributed by atoms with Gasteiger partial charge in [0.15, 0.2) is 0 Å². The predicted molar refractivity (Wildman–Crippen MR) is 65.8 cm³/mol. The van der Waals surface area contributed by atoms with Gasteiger partial charge in [0.25, 0.3) is 0 Å². The van der Waals surface area contributed by atoms with E-state index in [0.29, 0.717) is 0 Å². The molecule has 4 nitrogen and oxygen atoms in total. The molecule has 0 aliphatic rings. The lowest BCUT2D eigenvalue weighted by Crippen LogP contribution is -2.11. The van der Waals surface area contributed by atoms with Gasteiger partial charge in [-0.3, -0.25) is 4.98 Å². The minimum atomic E-state index is -3.63. The zero-order chi connectivity index (χ0) is 12.5. The summed E-state index contributed by atoms with van der Waals surface area (Å²) in [5.74, 6) is 0. The molecule has 0 saturated heterocycles. The maximum absolute atomic E-state index is 11.1. The van der Waals surface area contributed by atoms with E-state index in [1.165, 1.54) is 12.1 Å². The lowest BCUT2D eigenvalue weighted by molar-refractivity contribution is 0.598. The fraction of sp³-hybridized carbons (Fsp3) is 0.0833. The van der Waals surface area contributed by atoms with Crippen molar-refractivity contribution in [1.29, 1.82) is 0 Å². The van der Waals surface area contributed by atoms with Gasteiger partial charge >= 0.3 is 0 Å². The van der Waals surface area contributed by atoms with Crippen LogP contribution in [0.15, 0.2) is 47.6 Å². The number of nitrogens with zero attached hydrogens (tertiary/aromatic N) is 1. The van der Waals surface area contributed by atoms with Crippen LogP contribution in [0.25, 0.3) is 11.1 Å². The van der Waals surface area contributed by atoms with Gasteiger partial charge in [0, 0.05) is 18.0 Å². The third-order valence-electron chi connectivity index (χ3n) is 2.53. The van der Waals surface area contributed by atoms with Crippen LogP contribution in [-0.4, -0.2) is 13.4 Å². The molecule has 0 saturated carbocycles. The maximum atomic E-state index is 11.1. The second kappa shape index (κ2) is 4.27. The minimum absolute atomic E-state index is 0.114. The zero-order valence-electron chi connectivity index (χ0n) is 9.29. The molecule has 5 heteroatoms. The molecule has 0 radical (unpaired) electrons. The van der Waals surface area contributed by atoms with Crippen molar-refractivity contribution in [2.75, 3.05) is 0 Å². The average molecular weight is 248 g/mol. The molecular weight excluding hydrogens is 236 g/mol. The first-order chi connectivity index (χ1) is 7.98. The molecule has 0 atom stereocenters. The van der Waals surface area contributed by atoms with Gasteiger partial charge in [-0.25, -0.2) is 13.6 Å². The topological polar surface area (TPSA) is 73.0 Å². The van der Waals surface area contributed by atoms with Gasteiger partial charge in [-0.15, -0.1) is 0 Å². The predicted octanol–water partition coefficient (Wildman–Crippen LogP) is 1.70. The third kappa shape index (κ3) is 2.51. The highest BCUT2D eigenvalue weighted by Gasteiger charge is 2.08. The summed E-state index contributed by atoms with van der Waals surface area (Å²) in [6.45, 7) is 1.98. The monoisotopic (exact) mass is 248 g/mol. The van der Waals surface area contributed by atoms with E-state index < -0.39 is 10.0 Å². The lowest BCUT2D eigenvalue weighted by Gasteiger charge is -2.05. The van der Waals surface area contributed by atoms with Gasteiger partial charge in [-0.2, -0.15) is 0 Å². The fourth-order valence-corrected chi connectivity index (χ4v) is 2.11. The van der Waals surface area contributed by atoms with Crippen molar-refractivity contribution in [3.8, 4) is 11.1 Å². The number of hydrogen-bond acceptors (Lipinski definition) is 3. The molecule has 0 spiro atoms. The summed E-state index contributed by atoms with van der Waals surface area (Å²) >= 11 is 0. The molecule has 17 heavy (non-hydrogen) atoms. The van der Waals surface area contributed by atoms with E-state index in [1.807, 2.05) is 13.0 Å². The second-order valence-corrected chi connectivity index (χ2v) is 5.32. The third-order valence-corrected chi connectivity index (χ3v) is 3.46. The SMILES string of the molecule is Cc1ccncc1-c1ccc(S(N)(=O)=O)cc1. The van der Waals surface area contributed by atoms with Gasteiger partial charge in [-0.05, 0) is 36.2 Å². The van der Waals surface area contributed by atoms with Crippen molar-refractivity contribution in [1.82, 2.24) is 4.98 Å². The Labute approximate surface area is 100 Å². The molecule has 2 aromatic rings. The van der Waals surface area contributed by atoms with Crippen LogP contribution < -0.4 is 5.14 Å². The van der Waals surface area contributed by atoms with Gasteiger partial charge in [-0.1, -0.05) is 12.1 Å². The average Bonchev–Trinajstić information content (AvgIpc) is 2.29. The van der Waals surface area contributed by atoms with Crippen LogP contribution in [-0.2, 0) is 10.0 Å². The minimum Gasteiger partial charge on any atom is -0.264 e. The molecule has 0 unspecified atom stereocenters. The van der Waals surface area contributed by atoms with E-state index in [4.69, 9.17) is 5.14 Å². The summed E-state index contributed by atoms with van der Waals surface area (Å²) in [6, 6.07) is 8.35. The van der Waals surface area contributed by atoms with Crippen LogP contribution in [0.4, 0.5) is 0 Å².